The Bertz CT molecular complexity index is 3490. The second kappa shape index (κ2) is 21.2. The number of aromatic nitrogens is 12. The maximum Gasteiger partial charge on any atom is 0.488 e. The van der Waals surface area contributed by atoms with Crippen LogP contribution in [0.25, 0.3) is 33.5 Å². The average Bonchev–Trinajstić information content (AvgIpc) is 4.21. The molecule has 76 heavy (non-hydrogen) atoms. The Morgan fingerprint density at radius 1 is 0.776 bits per heavy atom. The molecule has 416 valence electrons. The van der Waals surface area contributed by atoms with Crippen LogP contribution in [-0.4, -0.2) is 172 Å². The van der Waals surface area contributed by atoms with E-state index in [0.717, 1.165) is 30.7 Å². The Kier molecular flexibility index (Phi) is 15.6. The van der Waals surface area contributed by atoms with E-state index in [2.05, 4.69) is 48.5 Å². The van der Waals surface area contributed by atoms with Crippen LogP contribution in [0, 0.1) is 5.92 Å². The van der Waals surface area contributed by atoms with Gasteiger partial charge in [-0.15, -0.1) is 0 Å². The quantitative estimate of drug-likeness (QED) is 0.0259. The third-order valence-electron chi connectivity index (χ3n) is 12.3. The summed E-state index contributed by atoms with van der Waals surface area (Å²) >= 11 is -0.194. The molecule has 0 radical (unpaired) electrons. The van der Waals surface area contributed by atoms with Crippen molar-refractivity contribution in [1.29, 1.82) is 0 Å². The molecule has 42 heteroatoms. The molecular weight excluding hydrogens is 1130 g/mol. The van der Waals surface area contributed by atoms with Gasteiger partial charge >= 0.3 is 28.1 Å². The van der Waals surface area contributed by atoms with E-state index in [1.54, 1.807) is 0 Å². The van der Waals surface area contributed by atoms with Crippen LogP contribution < -0.4 is 37.8 Å². The van der Waals surface area contributed by atoms with Crippen LogP contribution in [-0.2, 0) is 66.7 Å². The van der Waals surface area contributed by atoms with Crippen molar-refractivity contribution < 1.29 is 99.1 Å². The minimum Gasteiger partial charge on any atom is -0.778 e. The van der Waals surface area contributed by atoms with Crippen LogP contribution in [0.4, 0.5) is 17.7 Å². The number of nitrogens with one attached hydrogen (secondary N) is 2. The highest BCUT2D eigenvalue weighted by molar-refractivity contribution is 8.55. The highest BCUT2D eigenvalue weighted by atomic mass is 32.7. The molecule has 9 heterocycles. The lowest BCUT2D eigenvalue weighted by Crippen LogP contribution is -2.45. The highest BCUT2D eigenvalue weighted by Gasteiger charge is 2.55. The smallest absolute Gasteiger partial charge is 0.488 e. The number of rotatable bonds is 20. The van der Waals surface area contributed by atoms with Crippen LogP contribution in [0.3, 0.4) is 0 Å². The fraction of sp³-hybridized carbons (Fsp3) is 0.559. The molecule has 3 saturated heterocycles. The molecule has 14 N–H and O–H groups in total. The zero-order chi connectivity index (χ0) is 55.0. The number of H-pyrrole nitrogens is 2. The number of imidazole rings is 3. The number of ether oxygens (including phenoxy) is 5. The van der Waals surface area contributed by atoms with E-state index >= 15 is 0 Å². The monoisotopic (exact) mass is 1170 g/mol. The molecule has 0 spiro atoms. The van der Waals surface area contributed by atoms with E-state index in [1.807, 2.05) is 0 Å². The number of aliphatic hydroxyl groups excluding tert-OH is 3. The van der Waals surface area contributed by atoms with E-state index in [9.17, 15) is 62.7 Å². The number of nitrogens with two attached hydrogens (primary N) is 3. The van der Waals surface area contributed by atoms with Crippen LogP contribution in [0.15, 0.2) is 34.9 Å². The van der Waals surface area contributed by atoms with Crippen molar-refractivity contribution in [2.75, 3.05) is 57.0 Å². The molecule has 4 unspecified atom stereocenters. The van der Waals surface area contributed by atoms with Crippen molar-refractivity contribution in [2.45, 2.75) is 67.1 Å². The van der Waals surface area contributed by atoms with Gasteiger partial charge in [0.05, 0.1) is 57.4 Å². The number of methoxy groups -OCH3 is 2. The number of aromatic amines is 2. The fourth-order valence-corrected chi connectivity index (χ4v) is 16.8. The third-order valence-corrected chi connectivity index (χ3v) is 20.7. The lowest BCUT2D eigenvalue weighted by molar-refractivity contribution is -0.745. The van der Waals surface area contributed by atoms with Gasteiger partial charge in [0.25, 0.3) is 17.1 Å². The Labute approximate surface area is 427 Å². The molecule has 6 aromatic heterocycles. The fourth-order valence-electron chi connectivity index (χ4n) is 8.96. The minimum atomic E-state index is -6.10. The van der Waals surface area contributed by atoms with Crippen LogP contribution in [0.5, 0.6) is 0 Å². The summed E-state index contributed by atoms with van der Waals surface area (Å²) in [5.41, 5.74) is 13.8. The van der Waals surface area contributed by atoms with Gasteiger partial charge in [0.1, 0.15) is 50.0 Å². The van der Waals surface area contributed by atoms with Crippen LogP contribution in [0.2, 0.25) is 0 Å². The molecule has 3 aliphatic heterocycles. The SMILES string of the molecule is COC[C@H]1[C@@H](O)[C@H]([n+]2cn(C)c3c(=O)[nH]c(N)nc32)O[C@@H]1COP(=O)(O)OP(=O)(O)OP(=O)(O)SC[C@H]1O[C@@H](n2cnc3c(N)ncnc32)[C@H](OC)[C@@H]1P(=O)([O-])OC[C@H]1O[C@@H](n2cnc3c(=O)[nH]c(N)nc32)[C@H](O)[C@@H]1O. The first kappa shape index (κ1) is 56.0. The first-order valence-corrected chi connectivity index (χ1v) is 29.6. The van der Waals surface area contributed by atoms with Crippen molar-refractivity contribution in [3.63, 3.8) is 0 Å². The summed E-state index contributed by atoms with van der Waals surface area (Å²) in [6.07, 6.45) is -11.0. The van der Waals surface area contributed by atoms with Gasteiger partial charge in [-0.25, -0.2) is 38.2 Å². The molecule has 0 aliphatic carbocycles. The molecule has 0 amide bonds. The van der Waals surface area contributed by atoms with E-state index < -0.39 is 133 Å². The van der Waals surface area contributed by atoms with Crippen molar-refractivity contribution in [2.24, 2.45) is 13.0 Å². The molecule has 6 aromatic rings. The number of phosphoric ester groups is 1. The number of hydrogen-bond donors (Lipinski definition) is 11. The summed E-state index contributed by atoms with van der Waals surface area (Å²) in [5, 5.41) is 33.2. The third kappa shape index (κ3) is 10.9. The van der Waals surface area contributed by atoms with Crippen molar-refractivity contribution in [3.8, 4) is 0 Å². The molecule has 0 aromatic carbocycles. The predicted molar refractivity (Wildman–Crippen MR) is 252 cm³/mol. The van der Waals surface area contributed by atoms with E-state index in [0.29, 0.717) is 0 Å². The lowest BCUT2D eigenvalue weighted by Gasteiger charge is -2.35. The molecule has 3 fully saturated rings. The minimum absolute atomic E-state index is 0.0128. The zero-order valence-corrected chi connectivity index (χ0v) is 43.6. The van der Waals surface area contributed by atoms with Gasteiger partial charge in [-0.2, -0.15) is 13.6 Å². The number of phosphoric acid groups is 2. The van der Waals surface area contributed by atoms with Gasteiger partial charge in [-0.1, -0.05) is 4.98 Å². The normalized spacial score (nSPS) is 30.2. The molecule has 0 saturated carbocycles. The Balaban J connectivity index is 0.888. The summed E-state index contributed by atoms with van der Waals surface area (Å²) in [6.45, 7) is -7.75. The standard InChI is InChI=1S/C34H47N15O22P4S/c1-46-11-49(27-18(46)29(54)45-34(37)43-27)30-19(50)12(4-63-2)13(67-30)5-66-73(57,58)70-74(59,60)71-75(61,62)76-7-15-23(22(64-3)32(69-15)47-9-40-16-24(35)38-8-39-25(16)47)72(55,56)65-6-14-20(51)21(52)31(68-14)48-10-41-17-26(48)42-33(36)44-28(17)53/h8-15,19-23,30-32,50-52H,4-7H2,1-3H3,(H11-,35,36,37,38,39,42,43,44,45,53,54,55,56,57,58,59,60,61,62)/t12-,13-,14-,15-,19-,20-,21-,22-,23-,30-,31-,32-/m1/s1. The topological polar surface area (TPSA) is 536 Å². The van der Waals surface area contributed by atoms with Gasteiger partial charge < -0.3 is 84.9 Å². The number of aryl methyl sites for hydroxylation is 1. The molecule has 37 nitrogen and oxygen atoms in total. The first-order chi connectivity index (χ1) is 35.7. The van der Waals surface area contributed by atoms with Crippen molar-refractivity contribution in [3.05, 3.63) is 46.0 Å². The van der Waals surface area contributed by atoms with Gasteiger partial charge in [0, 0.05) is 25.9 Å². The predicted octanol–water partition coefficient (Wildman–Crippen LogP) is -3.66. The van der Waals surface area contributed by atoms with Crippen LogP contribution >= 0.6 is 41.4 Å². The van der Waals surface area contributed by atoms with Crippen molar-refractivity contribution >= 4 is 92.6 Å². The summed E-state index contributed by atoms with van der Waals surface area (Å²) in [4.78, 5) is 100. The number of anilines is 3. The Morgan fingerprint density at radius 3 is 2.14 bits per heavy atom. The van der Waals surface area contributed by atoms with Crippen LogP contribution in [0.1, 0.15) is 18.7 Å². The summed E-state index contributed by atoms with van der Waals surface area (Å²) in [6, 6.07) is 0. The highest BCUT2D eigenvalue weighted by Crippen LogP contribution is 2.72. The number of nitrogen functional groups attached to an aromatic ring is 3. The zero-order valence-electron chi connectivity index (χ0n) is 39.2. The maximum atomic E-state index is 14.4. The number of aliphatic hydroxyl groups is 3. The molecule has 3 aliphatic rings. The van der Waals surface area contributed by atoms with Crippen molar-refractivity contribution in [1.82, 2.24) is 53.6 Å². The lowest BCUT2D eigenvalue weighted by atomic mass is 9.99. The molecule has 0 bridgehead atoms. The van der Waals surface area contributed by atoms with E-state index in [-0.39, 0.29) is 69.2 Å². The van der Waals surface area contributed by atoms with Gasteiger partial charge in [0.15, 0.2) is 41.4 Å². The summed E-state index contributed by atoms with van der Waals surface area (Å²) in [7, 11) is -13.5. The average molecular weight is 1170 g/mol. The summed E-state index contributed by atoms with van der Waals surface area (Å²) < 4.78 is 107. The molecular formula is C34H47N15O22P4S. The first-order valence-electron chi connectivity index (χ1n) is 21.8. The van der Waals surface area contributed by atoms with E-state index in [1.165, 1.54) is 34.2 Å². The Morgan fingerprint density at radius 2 is 1.43 bits per heavy atom. The second-order valence-electron chi connectivity index (χ2n) is 17.1. The summed E-state index contributed by atoms with van der Waals surface area (Å²) in [5.74, 6) is -2.60. The van der Waals surface area contributed by atoms with E-state index in [4.69, 9.17) is 49.9 Å². The molecule has 9 rings (SSSR count). The Hall–Kier alpha value is -4.72. The number of hydrogen-bond acceptors (Lipinski definition) is 29. The second-order valence-corrected chi connectivity index (χ2v) is 26.1. The largest absolute Gasteiger partial charge is 0.778 e. The van der Waals surface area contributed by atoms with Gasteiger partial charge in [0.2, 0.25) is 17.7 Å². The van der Waals surface area contributed by atoms with Gasteiger partial charge in [-0.3, -0.25) is 37.8 Å². The maximum absolute atomic E-state index is 14.4. The number of fused-ring (bicyclic) bond motifs is 3. The van der Waals surface area contributed by atoms with Gasteiger partial charge in [-0.05, 0) is 11.4 Å². The molecule has 16 atom stereocenters. The number of nitrogens with zero attached hydrogens (tertiary/aromatic N) is 10.